The first-order valence-electron chi connectivity index (χ1n) is 7.56. The number of ether oxygens (including phenoxy) is 2. The fourth-order valence-electron chi connectivity index (χ4n) is 3.57. The van der Waals surface area contributed by atoms with Crippen molar-refractivity contribution in [3.63, 3.8) is 0 Å². The molecule has 3 nitrogen and oxygen atoms in total. The molecule has 2 bridgehead atoms. The van der Waals surface area contributed by atoms with Crippen LogP contribution in [0.3, 0.4) is 0 Å². The van der Waals surface area contributed by atoms with Gasteiger partial charge in [-0.1, -0.05) is 19.9 Å². The zero-order valence-corrected chi connectivity index (χ0v) is 13.0. The molecule has 0 radical (unpaired) electrons. The normalized spacial score (nSPS) is 33.9. The van der Waals surface area contributed by atoms with E-state index in [1.54, 1.807) is 0 Å². The molecule has 2 aliphatic heterocycles. The molecule has 0 aliphatic carbocycles. The minimum atomic E-state index is -0.812. The van der Waals surface area contributed by atoms with E-state index in [4.69, 9.17) is 9.47 Å². The van der Waals surface area contributed by atoms with Crippen molar-refractivity contribution in [2.45, 2.75) is 57.5 Å². The van der Waals surface area contributed by atoms with Crippen molar-refractivity contribution in [3.05, 3.63) is 35.4 Å². The minimum Gasteiger partial charge on any atom is -0.370 e. The summed E-state index contributed by atoms with van der Waals surface area (Å²) in [7, 11) is 0. The molecule has 3 rings (SSSR count). The summed E-state index contributed by atoms with van der Waals surface area (Å²) >= 11 is 0. The highest BCUT2D eigenvalue weighted by molar-refractivity contribution is 5.92. The lowest BCUT2D eigenvalue weighted by Gasteiger charge is -2.30. The fourth-order valence-corrected chi connectivity index (χ4v) is 3.57. The summed E-state index contributed by atoms with van der Waals surface area (Å²) in [5, 5.41) is 0. The van der Waals surface area contributed by atoms with E-state index in [1.165, 1.54) is 18.2 Å². The largest absolute Gasteiger partial charge is 0.370 e. The van der Waals surface area contributed by atoms with Gasteiger partial charge in [0.2, 0.25) is 0 Å². The van der Waals surface area contributed by atoms with Crippen molar-refractivity contribution >= 4 is 5.78 Å². The van der Waals surface area contributed by atoms with Gasteiger partial charge in [-0.3, -0.25) is 4.79 Å². The number of Topliss-reactive ketones (excluding diaryl/α,β-unsaturated/α-hetero) is 1. The molecule has 1 aromatic rings. The predicted octanol–water partition coefficient (Wildman–Crippen LogP) is 3.40. The summed E-state index contributed by atoms with van der Waals surface area (Å²) in [6, 6.07) is 3.74. The van der Waals surface area contributed by atoms with Crippen LogP contribution in [0.2, 0.25) is 0 Å². The van der Waals surface area contributed by atoms with Crippen LogP contribution < -0.4 is 0 Å². The quantitative estimate of drug-likeness (QED) is 0.855. The number of rotatable bonds is 4. The van der Waals surface area contributed by atoms with Gasteiger partial charge in [0.1, 0.15) is 17.2 Å². The highest BCUT2D eigenvalue weighted by Crippen LogP contribution is 2.53. The van der Waals surface area contributed by atoms with Crippen molar-refractivity contribution < 1.29 is 23.0 Å². The maximum Gasteiger partial charge on any atom is 0.167 e. The van der Waals surface area contributed by atoms with Crippen LogP contribution in [0.25, 0.3) is 0 Å². The van der Waals surface area contributed by atoms with Gasteiger partial charge >= 0.3 is 0 Å². The van der Waals surface area contributed by atoms with Crippen LogP contribution in [-0.4, -0.2) is 23.1 Å². The molecule has 0 unspecified atom stereocenters. The second kappa shape index (κ2) is 5.10. The zero-order chi connectivity index (χ0) is 16.1. The molecule has 2 aliphatic rings. The minimum absolute atomic E-state index is 0.0422. The lowest BCUT2D eigenvalue weighted by atomic mass is 9.74. The van der Waals surface area contributed by atoms with Crippen LogP contribution in [0.4, 0.5) is 8.78 Å². The van der Waals surface area contributed by atoms with Crippen molar-refractivity contribution in [2.24, 2.45) is 5.92 Å². The molecule has 1 aromatic carbocycles. The van der Waals surface area contributed by atoms with Gasteiger partial charge in [-0.25, -0.2) is 8.78 Å². The molecular weight excluding hydrogens is 290 g/mol. The number of carbonyl (C=O) groups is 1. The first kappa shape index (κ1) is 15.6. The van der Waals surface area contributed by atoms with E-state index >= 15 is 0 Å². The van der Waals surface area contributed by atoms with E-state index in [0.717, 1.165) is 0 Å². The standard InChI is InChI=1S/C17H20F2O3/c1-10(2)17-8-15(16(3,22-17)7-14(17)20)21-9-11-12(18)5-4-6-13(11)19/h4-6,10,15H,7-9H2,1-3H3/t15-,16+,17-/m1/s1. The van der Waals surface area contributed by atoms with Gasteiger partial charge in [-0.05, 0) is 25.0 Å². The second-order valence-electron chi connectivity index (χ2n) is 6.76. The van der Waals surface area contributed by atoms with Crippen LogP contribution in [0.15, 0.2) is 18.2 Å². The Bertz CT molecular complexity index is 596. The molecule has 0 aromatic heterocycles. The maximum absolute atomic E-state index is 13.7. The second-order valence-corrected chi connectivity index (χ2v) is 6.76. The van der Waals surface area contributed by atoms with Gasteiger partial charge in [-0.15, -0.1) is 0 Å². The molecule has 2 saturated heterocycles. The number of hydrogen-bond acceptors (Lipinski definition) is 3. The van der Waals surface area contributed by atoms with Crippen molar-refractivity contribution in [2.75, 3.05) is 0 Å². The molecule has 0 saturated carbocycles. The summed E-state index contributed by atoms with van der Waals surface area (Å²) < 4.78 is 39.1. The molecule has 2 fully saturated rings. The van der Waals surface area contributed by atoms with E-state index in [1.807, 2.05) is 20.8 Å². The summed E-state index contributed by atoms with van der Waals surface area (Å²) in [6.07, 6.45) is 0.387. The first-order valence-corrected chi connectivity index (χ1v) is 7.56. The topological polar surface area (TPSA) is 35.5 Å². The number of ketones is 1. The SMILES string of the molecule is CC(C)[C@]12C[C@@H](OCc3c(F)cccc3F)[C@](C)(CC1=O)O2. The van der Waals surface area contributed by atoms with Gasteiger partial charge in [0.05, 0.1) is 18.3 Å². The number of carbonyl (C=O) groups excluding carboxylic acids is 1. The number of fused-ring (bicyclic) bond motifs is 2. The summed E-state index contributed by atoms with van der Waals surface area (Å²) in [5.41, 5.74) is -1.60. The predicted molar refractivity (Wildman–Crippen MR) is 76.2 cm³/mol. The molecule has 120 valence electrons. The number of halogens is 2. The van der Waals surface area contributed by atoms with Crippen LogP contribution in [-0.2, 0) is 20.9 Å². The Morgan fingerprint density at radius 2 is 2.00 bits per heavy atom. The summed E-state index contributed by atoms with van der Waals surface area (Å²) in [6.45, 7) is 5.57. The van der Waals surface area contributed by atoms with Gasteiger partial charge in [0, 0.05) is 18.4 Å². The average molecular weight is 310 g/mol. The third-order valence-electron chi connectivity index (χ3n) is 4.99. The molecule has 5 heteroatoms. The maximum atomic E-state index is 13.7. The van der Waals surface area contributed by atoms with Crippen LogP contribution in [0, 0.1) is 17.6 Å². The molecule has 22 heavy (non-hydrogen) atoms. The third kappa shape index (κ3) is 2.18. The Morgan fingerprint density at radius 1 is 1.36 bits per heavy atom. The molecule has 3 atom stereocenters. The lowest BCUT2D eigenvalue weighted by molar-refractivity contribution is -0.136. The zero-order valence-electron chi connectivity index (χ0n) is 13.0. The molecule has 2 heterocycles. The number of benzene rings is 1. The van der Waals surface area contributed by atoms with Crippen LogP contribution in [0.5, 0.6) is 0 Å². The monoisotopic (exact) mass is 310 g/mol. The first-order chi connectivity index (χ1) is 10.3. The smallest absolute Gasteiger partial charge is 0.167 e. The van der Waals surface area contributed by atoms with Crippen molar-refractivity contribution in [1.82, 2.24) is 0 Å². The Kier molecular flexibility index (Phi) is 3.61. The van der Waals surface area contributed by atoms with E-state index in [0.29, 0.717) is 6.42 Å². The van der Waals surface area contributed by atoms with Gasteiger partial charge in [-0.2, -0.15) is 0 Å². The van der Waals surface area contributed by atoms with Gasteiger partial charge in [0.25, 0.3) is 0 Å². The highest BCUT2D eigenvalue weighted by atomic mass is 19.1. The Labute approximate surface area is 128 Å². The van der Waals surface area contributed by atoms with E-state index in [2.05, 4.69) is 0 Å². The van der Waals surface area contributed by atoms with E-state index in [-0.39, 0.29) is 36.4 Å². The molecule has 0 spiro atoms. The van der Waals surface area contributed by atoms with E-state index < -0.39 is 22.8 Å². The van der Waals surface area contributed by atoms with Crippen LogP contribution >= 0.6 is 0 Å². The third-order valence-corrected chi connectivity index (χ3v) is 4.99. The van der Waals surface area contributed by atoms with Gasteiger partial charge < -0.3 is 9.47 Å². The van der Waals surface area contributed by atoms with E-state index in [9.17, 15) is 13.6 Å². The number of hydrogen-bond donors (Lipinski definition) is 0. The Morgan fingerprint density at radius 3 is 2.55 bits per heavy atom. The van der Waals surface area contributed by atoms with Gasteiger partial charge in [0.15, 0.2) is 5.78 Å². The fraction of sp³-hybridized carbons (Fsp3) is 0.588. The summed E-state index contributed by atoms with van der Waals surface area (Å²) in [4.78, 5) is 12.2. The van der Waals surface area contributed by atoms with Crippen LogP contribution in [0.1, 0.15) is 39.2 Å². The lowest BCUT2D eigenvalue weighted by Crippen LogP contribution is -2.44. The molecule has 0 amide bonds. The molecule has 0 N–H and O–H groups in total. The summed E-state index contributed by atoms with van der Waals surface area (Å²) in [5.74, 6) is -1.10. The Hall–Kier alpha value is -1.33. The highest BCUT2D eigenvalue weighted by Gasteiger charge is 2.65. The molecular formula is C17H20F2O3. The average Bonchev–Trinajstić information content (AvgIpc) is 2.86. The van der Waals surface area contributed by atoms with Crippen molar-refractivity contribution in [3.8, 4) is 0 Å². The van der Waals surface area contributed by atoms with Crippen molar-refractivity contribution in [1.29, 1.82) is 0 Å². The Balaban J connectivity index is 1.77.